The smallest absolute Gasteiger partial charge is 0.306 e. The molecule has 0 amide bonds. The fourth-order valence-corrected chi connectivity index (χ4v) is 2.67. The lowest BCUT2D eigenvalue weighted by molar-refractivity contribution is -0.142. The zero-order valence-corrected chi connectivity index (χ0v) is 12.0. The van der Waals surface area contributed by atoms with E-state index >= 15 is 0 Å². The van der Waals surface area contributed by atoms with Crippen molar-refractivity contribution >= 4 is 11.9 Å². The molecule has 2 aromatic heterocycles. The minimum Gasteiger partial charge on any atom is -0.481 e. The van der Waals surface area contributed by atoms with Crippen LogP contribution in [-0.4, -0.2) is 37.1 Å². The molecule has 1 aliphatic rings. The lowest BCUT2D eigenvalue weighted by atomic mass is 9.86. The van der Waals surface area contributed by atoms with Crippen LogP contribution in [0.3, 0.4) is 0 Å². The molecule has 2 aromatic rings. The molecule has 0 aliphatic heterocycles. The monoisotopic (exact) mass is 299 g/mol. The number of anilines is 1. The number of aromatic nitrogens is 4. The molecule has 0 radical (unpaired) electrons. The molecule has 1 saturated carbocycles. The van der Waals surface area contributed by atoms with Crippen LogP contribution >= 0.6 is 0 Å². The highest BCUT2D eigenvalue weighted by Crippen LogP contribution is 2.26. The zero-order valence-electron chi connectivity index (χ0n) is 12.0. The Morgan fingerprint density at radius 1 is 1.09 bits per heavy atom. The lowest BCUT2D eigenvalue weighted by Gasteiger charge is -2.26. The lowest BCUT2D eigenvalue weighted by Crippen LogP contribution is -2.29. The first-order chi connectivity index (χ1) is 10.7. The zero-order chi connectivity index (χ0) is 15.4. The Labute approximate surface area is 127 Å². The molecule has 0 saturated heterocycles. The van der Waals surface area contributed by atoms with Gasteiger partial charge in [0, 0.05) is 24.6 Å². The molecule has 2 heterocycles. The van der Waals surface area contributed by atoms with Crippen molar-refractivity contribution < 1.29 is 9.90 Å². The van der Waals surface area contributed by atoms with Crippen LogP contribution in [0, 0.1) is 5.92 Å². The van der Waals surface area contributed by atoms with Crippen LogP contribution in [0.5, 0.6) is 0 Å². The molecule has 7 nitrogen and oxygen atoms in total. The molecular formula is C15H17N5O2. The molecule has 0 spiro atoms. The number of nitrogens with zero attached hydrogens (tertiary/aromatic N) is 4. The number of aliphatic carboxylic acids is 1. The molecule has 0 atom stereocenters. The summed E-state index contributed by atoms with van der Waals surface area (Å²) in [5.74, 6) is -0.369. The summed E-state index contributed by atoms with van der Waals surface area (Å²) < 4.78 is 0. The van der Waals surface area contributed by atoms with Crippen LogP contribution in [0.2, 0.25) is 0 Å². The molecule has 1 aliphatic carbocycles. The predicted octanol–water partition coefficient (Wildman–Crippen LogP) is 1.99. The van der Waals surface area contributed by atoms with Crippen LogP contribution in [0.1, 0.15) is 25.7 Å². The fraction of sp³-hybridized carbons (Fsp3) is 0.400. The molecule has 3 rings (SSSR count). The quantitative estimate of drug-likeness (QED) is 0.890. The number of carboxylic acid groups (broad SMARTS) is 1. The highest BCUT2D eigenvalue weighted by molar-refractivity contribution is 5.70. The van der Waals surface area contributed by atoms with Crippen LogP contribution in [-0.2, 0) is 4.79 Å². The summed E-state index contributed by atoms with van der Waals surface area (Å²) in [6, 6.07) is 2.00. The van der Waals surface area contributed by atoms with Gasteiger partial charge in [-0.1, -0.05) is 0 Å². The standard InChI is InChI=1S/C15H17N5O2/c21-14(22)10-1-3-11(4-2-10)19-15-18-6-5-12(20-15)13-9-16-7-8-17-13/h5-11H,1-4H2,(H,21,22)(H,18,19,20). The summed E-state index contributed by atoms with van der Waals surface area (Å²) in [5.41, 5.74) is 1.41. The highest BCUT2D eigenvalue weighted by atomic mass is 16.4. The van der Waals surface area contributed by atoms with Crippen LogP contribution in [0.4, 0.5) is 5.95 Å². The van der Waals surface area contributed by atoms with E-state index in [1.165, 1.54) is 0 Å². The SMILES string of the molecule is O=C(O)C1CCC(Nc2nccc(-c3cnccn3)n2)CC1. The van der Waals surface area contributed by atoms with E-state index in [1.54, 1.807) is 30.9 Å². The number of hydrogen-bond donors (Lipinski definition) is 2. The summed E-state index contributed by atoms with van der Waals surface area (Å²) in [6.07, 6.45) is 9.59. The topological polar surface area (TPSA) is 101 Å². The second-order valence-corrected chi connectivity index (χ2v) is 5.39. The van der Waals surface area contributed by atoms with Crippen molar-refractivity contribution in [1.82, 2.24) is 19.9 Å². The predicted molar refractivity (Wildman–Crippen MR) is 80.1 cm³/mol. The Kier molecular flexibility index (Phi) is 4.22. The molecule has 0 bridgehead atoms. The Morgan fingerprint density at radius 2 is 1.91 bits per heavy atom. The van der Waals surface area contributed by atoms with Gasteiger partial charge in [0.05, 0.1) is 17.8 Å². The summed E-state index contributed by atoms with van der Waals surface area (Å²) in [7, 11) is 0. The Balaban J connectivity index is 1.66. The van der Waals surface area contributed by atoms with Gasteiger partial charge in [-0.25, -0.2) is 9.97 Å². The second kappa shape index (κ2) is 6.46. The maximum Gasteiger partial charge on any atom is 0.306 e. The fourth-order valence-electron chi connectivity index (χ4n) is 2.67. The van der Waals surface area contributed by atoms with Gasteiger partial charge in [-0.05, 0) is 31.7 Å². The van der Waals surface area contributed by atoms with Gasteiger partial charge in [-0.2, -0.15) is 0 Å². The molecule has 1 fully saturated rings. The van der Waals surface area contributed by atoms with E-state index in [0.29, 0.717) is 30.2 Å². The van der Waals surface area contributed by atoms with Crippen LogP contribution < -0.4 is 5.32 Å². The third kappa shape index (κ3) is 3.36. The number of nitrogens with one attached hydrogen (secondary N) is 1. The number of rotatable bonds is 4. The van der Waals surface area contributed by atoms with Crippen molar-refractivity contribution in [2.75, 3.05) is 5.32 Å². The molecule has 2 N–H and O–H groups in total. The van der Waals surface area contributed by atoms with Gasteiger partial charge < -0.3 is 10.4 Å². The van der Waals surface area contributed by atoms with Crippen molar-refractivity contribution in [3.05, 3.63) is 30.9 Å². The summed E-state index contributed by atoms with van der Waals surface area (Å²) in [6.45, 7) is 0. The van der Waals surface area contributed by atoms with E-state index < -0.39 is 5.97 Å². The van der Waals surface area contributed by atoms with Gasteiger partial charge >= 0.3 is 5.97 Å². The van der Waals surface area contributed by atoms with Gasteiger partial charge in [0.1, 0.15) is 5.69 Å². The van der Waals surface area contributed by atoms with Gasteiger partial charge in [-0.15, -0.1) is 0 Å². The van der Waals surface area contributed by atoms with Crippen molar-refractivity contribution in [2.24, 2.45) is 5.92 Å². The van der Waals surface area contributed by atoms with Gasteiger partial charge in [-0.3, -0.25) is 14.8 Å². The maximum absolute atomic E-state index is 11.0. The van der Waals surface area contributed by atoms with Crippen LogP contribution in [0.15, 0.2) is 30.9 Å². The van der Waals surface area contributed by atoms with Gasteiger partial charge in [0.15, 0.2) is 0 Å². The average molecular weight is 299 g/mol. The first kappa shape index (κ1) is 14.4. The van der Waals surface area contributed by atoms with E-state index in [4.69, 9.17) is 5.11 Å². The molecule has 114 valence electrons. The van der Waals surface area contributed by atoms with Crippen molar-refractivity contribution in [2.45, 2.75) is 31.7 Å². The molecule has 22 heavy (non-hydrogen) atoms. The van der Waals surface area contributed by atoms with Crippen molar-refractivity contribution in [3.8, 4) is 11.4 Å². The molecule has 0 aromatic carbocycles. The van der Waals surface area contributed by atoms with Crippen LogP contribution in [0.25, 0.3) is 11.4 Å². The number of carboxylic acids is 1. The highest BCUT2D eigenvalue weighted by Gasteiger charge is 2.26. The minimum absolute atomic E-state index is 0.215. The number of hydrogen-bond acceptors (Lipinski definition) is 6. The maximum atomic E-state index is 11.0. The Morgan fingerprint density at radius 3 is 2.59 bits per heavy atom. The second-order valence-electron chi connectivity index (χ2n) is 5.39. The summed E-state index contributed by atoms with van der Waals surface area (Å²) in [4.78, 5) is 27.9. The molecule has 0 unspecified atom stereocenters. The van der Waals surface area contributed by atoms with E-state index in [-0.39, 0.29) is 12.0 Å². The first-order valence-corrected chi connectivity index (χ1v) is 7.31. The average Bonchev–Trinajstić information content (AvgIpc) is 2.56. The Hall–Kier alpha value is -2.57. The molecular weight excluding hydrogens is 282 g/mol. The van der Waals surface area contributed by atoms with Crippen molar-refractivity contribution in [1.29, 1.82) is 0 Å². The Bertz CT molecular complexity index is 641. The number of carbonyl (C=O) groups is 1. The first-order valence-electron chi connectivity index (χ1n) is 7.31. The molecule has 7 heteroatoms. The largest absolute Gasteiger partial charge is 0.481 e. The summed E-state index contributed by atoms with van der Waals surface area (Å²) >= 11 is 0. The normalized spacial score (nSPS) is 21.3. The summed E-state index contributed by atoms with van der Waals surface area (Å²) in [5, 5.41) is 12.3. The van der Waals surface area contributed by atoms with E-state index in [2.05, 4.69) is 25.3 Å². The van der Waals surface area contributed by atoms with E-state index in [0.717, 1.165) is 12.8 Å². The minimum atomic E-state index is -0.695. The third-order valence-electron chi connectivity index (χ3n) is 3.89. The van der Waals surface area contributed by atoms with Crippen molar-refractivity contribution in [3.63, 3.8) is 0 Å². The van der Waals surface area contributed by atoms with Gasteiger partial charge in [0.2, 0.25) is 5.95 Å². The van der Waals surface area contributed by atoms with E-state index in [1.807, 2.05) is 0 Å². The van der Waals surface area contributed by atoms with Gasteiger partial charge in [0.25, 0.3) is 0 Å². The van der Waals surface area contributed by atoms with E-state index in [9.17, 15) is 4.79 Å². The third-order valence-corrected chi connectivity index (χ3v) is 3.89.